The Labute approximate surface area is 188 Å². The van der Waals surface area contributed by atoms with Gasteiger partial charge in [0, 0.05) is 23.7 Å². The molecule has 1 amide bonds. The van der Waals surface area contributed by atoms with E-state index in [1.807, 2.05) is 39.1 Å². The van der Waals surface area contributed by atoms with Crippen LogP contribution in [0.25, 0.3) is 10.4 Å². The predicted octanol–water partition coefficient (Wildman–Crippen LogP) is 5.22. The Balaban J connectivity index is 1.46. The number of sulfone groups is 1. The lowest BCUT2D eigenvalue weighted by Crippen LogP contribution is -2.38. The zero-order chi connectivity index (χ0) is 22.2. The van der Waals surface area contributed by atoms with E-state index in [0.29, 0.717) is 10.8 Å². The number of aryl methyl sites for hydroxylation is 1. The van der Waals surface area contributed by atoms with Crippen molar-refractivity contribution in [3.05, 3.63) is 35.0 Å². The van der Waals surface area contributed by atoms with Crippen molar-refractivity contribution in [1.29, 1.82) is 0 Å². The molecule has 2 saturated carbocycles. The van der Waals surface area contributed by atoms with Gasteiger partial charge in [-0.3, -0.25) is 0 Å². The van der Waals surface area contributed by atoms with Gasteiger partial charge in [-0.15, -0.1) is 11.3 Å². The molecule has 0 radical (unpaired) electrons. The number of carbonyl (C=O) groups excluding carboxylic acids is 1. The standard InChI is InChI=1S/C23H30N2O4S2/c1-14(2)29-23(26)25-17-7-5-16(6-8-17)22-24-13-20(30-22)19-11-4-15(3)12-21(19)31(27,28)18-9-10-18/h4,11-14,16-18H,5-10H2,1-3H3,(H,25,26). The van der Waals surface area contributed by atoms with Crippen molar-refractivity contribution < 1.29 is 17.9 Å². The van der Waals surface area contributed by atoms with Crippen LogP contribution in [-0.4, -0.2) is 36.9 Å². The third kappa shape index (κ3) is 5.12. The minimum atomic E-state index is -3.28. The monoisotopic (exact) mass is 462 g/mol. The molecule has 4 rings (SSSR count). The van der Waals surface area contributed by atoms with E-state index in [4.69, 9.17) is 4.74 Å². The number of rotatable bonds is 6. The van der Waals surface area contributed by atoms with Crippen molar-refractivity contribution in [2.75, 3.05) is 0 Å². The van der Waals surface area contributed by atoms with Crippen LogP contribution in [0.2, 0.25) is 0 Å². The average molecular weight is 463 g/mol. The molecular formula is C23H30N2O4S2. The Morgan fingerprint density at radius 1 is 1.16 bits per heavy atom. The maximum atomic E-state index is 13.0. The molecule has 31 heavy (non-hydrogen) atoms. The number of benzene rings is 1. The highest BCUT2D eigenvalue weighted by Crippen LogP contribution is 2.42. The lowest BCUT2D eigenvalue weighted by Gasteiger charge is -2.28. The lowest BCUT2D eigenvalue weighted by atomic mass is 9.86. The predicted molar refractivity (Wildman–Crippen MR) is 122 cm³/mol. The van der Waals surface area contributed by atoms with E-state index < -0.39 is 9.84 Å². The molecule has 1 heterocycles. The molecular weight excluding hydrogens is 432 g/mol. The van der Waals surface area contributed by atoms with Gasteiger partial charge in [-0.2, -0.15) is 0 Å². The number of hydrogen-bond donors (Lipinski definition) is 1. The molecule has 6 nitrogen and oxygen atoms in total. The molecule has 2 fully saturated rings. The fraction of sp³-hybridized carbons (Fsp3) is 0.565. The number of nitrogens with zero attached hydrogens (tertiary/aromatic N) is 1. The zero-order valence-corrected chi connectivity index (χ0v) is 19.9. The van der Waals surface area contributed by atoms with Gasteiger partial charge in [-0.1, -0.05) is 12.1 Å². The van der Waals surface area contributed by atoms with E-state index in [9.17, 15) is 13.2 Å². The Morgan fingerprint density at radius 2 is 1.87 bits per heavy atom. The molecule has 1 aromatic heterocycles. The zero-order valence-electron chi connectivity index (χ0n) is 18.3. The molecule has 0 atom stereocenters. The summed E-state index contributed by atoms with van der Waals surface area (Å²) in [4.78, 5) is 17.8. The molecule has 0 unspecified atom stereocenters. The summed E-state index contributed by atoms with van der Waals surface area (Å²) in [5.41, 5.74) is 1.72. The molecule has 0 aliphatic heterocycles. The first-order valence-corrected chi connectivity index (χ1v) is 13.4. The summed E-state index contributed by atoms with van der Waals surface area (Å²) in [6, 6.07) is 5.82. The average Bonchev–Trinajstić information content (AvgIpc) is 3.47. The van der Waals surface area contributed by atoms with Crippen LogP contribution in [0.15, 0.2) is 29.3 Å². The van der Waals surface area contributed by atoms with Gasteiger partial charge in [0.25, 0.3) is 0 Å². The Morgan fingerprint density at radius 3 is 2.52 bits per heavy atom. The van der Waals surface area contributed by atoms with Crippen molar-refractivity contribution in [2.45, 2.75) is 87.5 Å². The van der Waals surface area contributed by atoms with Gasteiger partial charge in [-0.05, 0) is 70.9 Å². The van der Waals surface area contributed by atoms with E-state index in [-0.39, 0.29) is 23.5 Å². The fourth-order valence-corrected chi connectivity index (χ4v) is 7.27. The van der Waals surface area contributed by atoms with Gasteiger partial charge in [0.05, 0.1) is 26.1 Å². The van der Waals surface area contributed by atoms with Crippen LogP contribution in [0.5, 0.6) is 0 Å². The summed E-state index contributed by atoms with van der Waals surface area (Å²) in [7, 11) is -3.28. The third-order valence-electron chi connectivity index (χ3n) is 5.94. The number of ether oxygens (including phenoxy) is 1. The topological polar surface area (TPSA) is 85.4 Å². The summed E-state index contributed by atoms with van der Waals surface area (Å²) in [6.07, 6.45) is 6.52. The van der Waals surface area contributed by atoms with Crippen molar-refractivity contribution >= 4 is 27.3 Å². The quantitative estimate of drug-likeness (QED) is 0.636. The Bertz CT molecular complexity index is 1050. The van der Waals surface area contributed by atoms with Crippen LogP contribution in [0.3, 0.4) is 0 Å². The van der Waals surface area contributed by atoms with E-state index in [0.717, 1.165) is 59.5 Å². The molecule has 0 saturated heterocycles. The minimum absolute atomic E-state index is 0.125. The Hall–Kier alpha value is -1.93. The summed E-state index contributed by atoms with van der Waals surface area (Å²) < 4.78 is 31.1. The molecule has 1 aromatic carbocycles. The molecule has 2 aliphatic carbocycles. The minimum Gasteiger partial charge on any atom is -0.447 e. The number of aromatic nitrogens is 1. The second kappa shape index (κ2) is 8.90. The molecule has 2 aliphatic rings. The second-order valence-corrected chi connectivity index (χ2v) is 12.2. The lowest BCUT2D eigenvalue weighted by molar-refractivity contribution is 0.109. The number of nitrogens with one attached hydrogen (secondary N) is 1. The van der Waals surface area contributed by atoms with E-state index in [1.165, 1.54) is 0 Å². The van der Waals surface area contributed by atoms with Gasteiger partial charge in [0.1, 0.15) is 0 Å². The van der Waals surface area contributed by atoms with E-state index in [2.05, 4.69) is 10.3 Å². The van der Waals surface area contributed by atoms with Crippen molar-refractivity contribution in [2.24, 2.45) is 0 Å². The first-order valence-electron chi connectivity index (χ1n) is 11.0. The van der Waals surface area contributed by atoms with Crippen LogP contribution in [0.4, 0.5) is 4.79 Å². The highest BCUT2D eigenvalue weighted by Gasteiger charge is 2.38. The molecule has 8 heteroatoms. The maximum Gasteiger partial charge on any atom is 0.407 e. The van der Waals surface area contributed by atoms with Crippen molar-refractivity contribution in [3.8, 4) is 10.4 Å². The van der Waals surface area contributed by atoms with Gasteiger partial charge in [0.15, 0.2) is 9.84 Å². The van der Waals surface area contributed by atoms with Gasteiger partial charge >= 0.3 is 6.09 Å². The Kier molecular flexibility index (Phi) is 6.40. The fourth-order valence-electron chi connectivity index (χ4n) is 4.13. The van der Waals surface area contributed by atoms with Crippen LogP contribution in [-0.2, 0) is 14.6 Å². The summed E-state index contributed by atoms with van der Waals surface area (Å²) in [5.74, 6) is 0.340. The van der Waals surface area contributed by atoms with Crippen LogP contribution < -0.4 is 5.32 Å². The number of amides is 1. The largest absolute Gasteiger partial charge is 0.447 e. The summed E-state index contributed by atoms with van der Waals surface area (Å²) in [6.45, 7) is 5.61. The summed E-state index contributed by atoms with van der Waals surface area (Å²) >= 11 is 1.60. The van der Waals surface area contributed by atoms with Gasteiger partial charge < -0.3 is 10.1 Å². The summed E-state index contributed by atoms with van der Waals surface area (Å²) in [5, 5.41) is 3.77. The van der Waals surface area contributed by atoms with Gasteiger partial charge in [0.2, 0.25) is 0 Å². The highest BCUT2D eigenvalue weighted by atomic mass is 32.2. The number of thiazole rings is 1. The first kappa shape index (κ1) is 22.3. The van der Waals surface area contributed by atoms with Crippen LogP contribution >= 0.6 is 11.3 Å². The molecule has 1 N–H and O–H groups in total. The number of hydrogen-bond acceptors (Lipinski definition) is 6. The van der Waals surface area contributed by atoms with Crippen molar-refractivity contribution in [1.82, 2.24) is 10.3 Å². The first-order chi connectivity index (χ1) is 14.7. The number of alkyl carbamates (subject to hydrolysis) is 1. The van der Waals surface area contributed by atoms with E-state index in [1.54, 1.807) is 17.4 Å². The SMILES string of the molecule is Cc1ccc(-c2cnc(C3CCC(NC(=O)OC(C)C)CC3)s2)c(S(=O)(=O)C2CC2)c1. The van der Waals surface area contributed by atoms with Gasteiger partial charge in [-0.25, -0.2) is 18.2 Å². The molecule has 168 valence electrons. The van der Waals surface area contributed by atoms with Crippen LogP contribution in [0, 0.1) is 6.92 Å². The van der Waals surface area contributed by atoms with Crippen LogP contribution in [0.1, 0.15) is 68.9 Å². The molecule has 0 bridgehead atoms. The maximum absolute atomic E-state index is 13.0. The van der Waals surface area contributed by atoms with Crippen molar-refractivity contribution in [3.63, 3.8) is 0 Å². The highest BCUT2D eigenvalue weighted by molar-refractivity contribution is 7.92. The molecule has 2 aromatic rings. The number of carbonyl (C=O) groups is 1. The normalized spacial score (nSPS) is 21.8. The molecule has 0 spiro atoms. The third-order valence-corrected chi connectivity index (χ3v) is 9.43. The second-order valence-electron chi connectivity index (χ2n) is 8.95. The smallest absolute Gasteiger partial charge is 0.407 e. The van der Waals surface area contributed by atoms with E-state index >= 15 is 0 Å².